The minimum Gasteiger partial charge on any atom is -0.493 e. The molecule has 3 aromatic rings. The first-order valence-corrected chi connectivity index (χ1v) is 9.63. The highest BCUT2D eigenvalue weighted by Crippen LogP contribution is 2.36. The predicted octanol–water partition coefficient (Wildman–Crippen LogP) is 4.90. The molecule has 0 saturated carbocycles. The number of amides is 1. The fourth-order valence-electron chi connectivity index (χ4n) is 2.74. The van der Waals surface area contributed by atoms with Crippen LogP contribution in [-0.4, -0.2) is 19.2 Å². The van der Waals surface area contributed by atoms with Crippen LogP contribution in [0.25, 0.3) is 0 Å². The van der Waals surface area contributed by atoms with Crippen molar-refractivity contribution in [2.75, 3.05) is 7.11 Å². The first-order valence-electron chi connectivity index (χ1n) is 9.25. The Morgan fingerprint density at radius 3 is 2.55 bits per heavy atom. The zero-order valence-electron chi connectivity index (χ0n) is 16.6. The van der Waals surface area contributed by atoms with E-state index in [1.165, 1.54) is 49.7 Å². The number of methoxy groups -OCH3 is 1. The molecule has 0 aromatic heterocycles. The van der Waals surface area contributed by atoms with Crippen molar-refractivity contribution in [2.45, 2.75) is 13.0 Å². The molecule has 1 N–H and O–H groups in total. The Hall–Kier alpha value is -3.45. The fraction of sp³-hybridized carbons (Fsp3) is 0.130. The third kappa shape index (κ3) is 6.52. The van der Waals surface area contributed by atoms with E-state index in [-0.39, 0.29) is 35.6 Å². The van der Waals surface area contributed by atoms with Crippen LogP contribution in [0.1, 0.15) is 16.7 Å². The molecule has 0 spiro atoms. The van der Waals surface area contributed by atoms with Gasteiger partial charge in [0.15, 0.2) is 11.5 Å². The Morgan fingerprint density at radius 1 is 1.06 bits per heavy atom. The molecule has 0 aliphatic carbocycles. The van der Waals surface area contributed by atoms with Gasteiger partial charge in [-0.05, 0) is 53.1 Å². The summed E-state index contributed by atoms with van der Waals surface area (Å²) in [7, 11) is 1.46. The summed E-state index contributed by atoms with van der Waals surface area (Å²) < 4.78 is 37.3. The number of carbonyl (C=O) groups is 1. The van der Waals surface area contributed by atoms with Crippen molar-refractivity contribution < 1.29 is 23.0 Å². The molecule has 0 aliphatic rings. The van der Waals surface area contributed by atoms with E-state index in [0.717, 1.165) is 0 Å². The zero-order valence-corrected chi connectivity index (χ0v) is 17.3. The van der Waals surface area contributed by atoms with Crippen molar-refractivity contribution >= 4 is 23.7 Å². The first kappa shape index (κ1) is 22.2. The van der Waals surface area contributed by atoms with E-state index in [9.17, 15) is 13.6 Å². The lowest BCUT2D eigenvalue weighted by Gasteiger charge is -2.13. The normalized spacial score (nSPS) is 10.8. The summed E-state index contributed by atoms with van der Waals surface area (Å²) >= 11 is 6.31. The molecule has 31 heavy (non-hydrogen) atoms. The number of nitrogens with one attached hydrogen (secondary N) is 1. The standard InChI is InChI=1S/C23H19ClF2N2O3/c1-30-21-11-17(13-27-28-22(29)12-15-5-7-18(25)8-6-15)10-20(24)23(21)31-14-16-3-2-4-19(26)9-16/h2-11,13H,12,14H2,1H3,(H,28,29)/b27-13+. The van der Waals surface area contributed by atoms with E-state index in [4.69, 9.17) is 21.1 Å². The highest BCUT2D eigenvalue weighted by Gasteiger charge is 2.12. The molecule has 0 bridgehead atoms. The quantitative estimate of drug-likeness (QED) is 0.397. The van der Waals surface area contributed by atoms with E-state index in [1.54, 1.807) is 24.3 Å². The Kier molecular flexibility index (Phi) is 7.56. The second-order valence-corrected chi connectivity index (χ2v) is 6.96. The SMILES string of the molecule is COc1cc(/C=N/NC(=O)Cc2ccc(F)cc2)cc(Cl)c1OCc1cccc(F)c1. The number of benzene rings is 3. The van der Waals surface area contributed by atoms with Gasteiger partial charge in [0.05, 0.1) is 24.8 Å². The third-order valence-electron chi connectivity index (χ3n) is 4.20. The van der Waals surface area contributed by atoms with Gasteiger partial charge in [-0.25, -0.2) is 14.2 Å². The number of rotatable bonds is 8. The minimum absolute atomic E-state index is 0.0640. The van der Waals surface area contributed by atoms with Crippen LogP contribution in [0.15, 0.2) is 65.8 Å². The summed E-state index contributed by atoms with van der Waals surface area (Å²) in [5.41, 5.74) is 4.29. The van der Waals surface area contributed by atoms with Crippen molar-refractivity contribution in [3.05, 3.63) is 94.0 Å². The van der Waals surface area contributed by atoms with Crippen LogP contribution in [0, 0.1) is 11.6 Å². The lowest BCUT2D eigenvalue weighted by molar-refractivity contribution is -0.120. The van der Waals surface area contributed by atoms with Gasteiger partial charge in [-0.2, -0.15) is 5.10 Å². The lowest BCUT2D eigenvalue weighted by Crippen LogP contribution is -2.19. The first-order chi connectivity index (χ1) is 14.9. The van der Waals surface area contributed by atoms with Crippen LogP contribution in [0.2, 0.25) is 5.02 Å². The summed E-state index contributed by atoms with van der Waals surface area (Å²) in [6.07, 6.45) is 1.47. The molecule has 1 amide bonds. The zero-order chi connectivity index (χ0) is 22.2. The largest absolute Gasteiger partial charge is 0.493 e. The molecular formula is C23H19ClF2N2O3. The molecule has 0 fully saturated rings. The van der Waals surface area contributed by atoms with Crippen molar-refractivity contribution in [3.8, 4) is 11.5 Å². The van der Waals surface area contributed by atoms with Gasteiger partial charge in [-0.3, -0.25) is 4.79 Å². The van der Waals surface area contributed by atoms with Crippen LogP contribution < -0.4 is 14.9 Å². The molecule has 0 heterocycles. The van der Waals surface area contributed by atoms with Gasteiger partial charge < -0.3 is 9.47 Å². The van der Waals surface area contributed by atoms with Crippen LogP contribution in [0.4, 0.5) is 8.78 Å². The maximum absolute atomic E-state index is 13.3. The number of nitrogens with zero attached hydrogens (tertiary/aromatic N) is 1. The number of carbonyl (C=O) groups excluding carboxylic acids is 1. The van der Waals surface area contributed by atoms with Gasteiger partial charge in [-0.15, -0.1) is 0 Å². The van der Waals surface area contributed by atoms with E-state index in [2.05, 4.69) is 10.5 Å². The summed E-state index contributed by atoms with van der Waals surface area (Å²) in [5, 5.41) is 4.18. The number of hydrogen-bond donors (Lipinski definition) is 1. The third-order valence-corrected chi connectivity index (χ3v) is 4.49. The van der Waals surface area contributed by atoms with Gasteiger partial charge in [0.1, 0.15) is 18.2 Å². The average molecular weight is 445 g/mol. The molecule has 0 radical (unpaired) electrons. The van der Waals surface area contributed by atoms with Crippen LogP contribution in [0.5, 0.6) is 11.5 Å². The summed E-state index contributed by atoms with van der Waals surface area (Å²) in [5.74, 6) is -0.395. The van der Waals surface area contributed by atoms with Gasteiger partial charge in [0.2, 0.25) is 5.91 Å². The van der Waals surface area contributed by atoms with Gasteiger partial charge >= 0.3 is 0 Å². The van der Waals surface area contributed by atoms with E-state index >= 15 is 0 Å². The second kappa shape index (κ2) is 10.5. The molecule has 0 unspecified atom stereocenters. The van der Waals surface area contributed by atoms with E-state index < -0.39 is 0 Å². The van der Waals surface area contributed by atoms with Crippen LogP contribution in [0.3, 0.4) is 0 Å². The monoisotopic (exact) mass is 444 g/mol. The molecule has 3 aromatic carbocycles. The minimum atomic E-state index is -0.364. The predicted molar refractivity (Wildman–Crippen MR) is 115 cm³/mol. The lowest BCUT2D eigenvalue weighted by atomic mass is 10.1. The number of hydrogen-bond acceptors (Lipinski definition) is 4. The van der Waals surface area contributed by atoms with Gasteiger partial charge in [0, 0.05) is 0 Å². The van der Waals surface area contributed by atoms with Gasteiger partial charge in [-0.1, -0.05) is 35.9 Å². The summed E-state index contributed by atoms with van der Waals surface area (Å²) in [4.78, 5) is 12.0. The number of ether oxygens (including phenoxy) is 2. The highest BCUT2D eigenvalue weighted by atomic mass is 35.5. The molecular weight excluding hydrogens is 426 g/mol. The van der Waals surface area contributed by atoms with Gasteiger partial charge in [0.25, 0.3) is 0 Å². The summed E-state index contributed by atoms with van der Waals surface area (Å²) in [6, 6.07) is 14.9. The fourth-order valence-corrected chi connectivity index (χ4v) is 3.02. The van der Waals surface area contributed by atoms with E-state index in [1.807, 2.05) is 0 Å². The van der Waals surface area contributed by atoms with Crippen molar-refractivity contribution in [1.29, 1.82) is 0 Å². The molecule has 8 heteroatoms. The molecule has 5 nitrogen and oxygen atoms in total. The second-order valence-electron chi connectivity index (χ2n) is 6.55. The molecule has 3 rings (SSSR count). The molecule has 0 aliphatic heterocycles. The number of halogens is 3. The Bertz CT molecular complexity index is 1090. The molecule has 0 atom stereocenters. The maximum Gasteiger partial charge on any atom is 0.244 e. The topological polar surface area (TPSA) is 59.9 Å². The van der Waals surface area contributed by atoms with Crippen LogP contribution in [-0.2, 0) is 17.8 Å². The average Bonchev–Trinajstić information content (AvgIpc) is 2.74. The molecule has 160 valence electrons. The van der Waals surface area contributed by atoms with E-state index in [0.29, 0.717) is 28.2 Å². The van der Waals surface area contributed by atoms with Crippen molar-refractivity contribution in [1.82, 2.24) is 5.43 Å². The smallest absolute Gasteiger partial charge is 0.244 e. The Morgan fingerprint density at radius 2 is 1.84 bits per heavy atom. The Labute approximate surface area is 183 Å². The van der Waals surface area contributed by atoms with Crippen molar-refractivity contribution in [2.24, 2.45) is 5.10 Å². The number of hydrazone groups is 1. The van der Waals surface area contributed by atoms with Crippen molar-refractivity contribution in [3.63, 3.8) is 0 Å². The summed E-state index contributed by atoms with van der Waals surface area (Å²) in [6.45, 7) is 0.112. The highest BCUT2D eigenvalue weighted by molar-refractivity contribution is 6.32. The molecule has 0 saturated heterocycles. The Balaban J connectivity index is 1.63. The maximum atomic E-state index is 13.3. The van der Waals surface area contributed by atoms with Crippen LogP contribution >= 0.6 is 11.6 Å².